The Balaban J connectivity index is 1.39. The molecule has 1 saturated heterocycles. The standard InChI is InChI=1S/C36H39N3O5/c1-3-4-5-22-43-30-14-10-28(11-15-30)33-32(35(41)36(42)39(33)20-7-19-38-21-18-37-25-38)34(40)29-12-16-31(17-13-29)44-24-27-9-6-8-26(2)23-27/h6,8-18,21,23,25,33,40H,3-5,7,19-20,22,24H2,1-2H3/b34-32+. The molecule has 1 N–H and O–H groups in total. The number of carbonyl (C=O) groups excluding carboxylic acids is 2. The first-order chi connectivity index (χ1) is 21.4. The number of imidazole rings is 1. The summed E-state index contributed by atoms with van der Waals surface area (Å²) >= 11 is 0. The maximum atomic E-state index is 13.5. The molecule has 1 fully saturated rings. The van der Waals surface area contributed by atoms with E-state index in [4.69, 9.17) is 9.47 Å². The molecule has 0 saturated carbocycles. The Kier molecular flexibility index (Phi) is 10.1. The van der Waals surface area contributed by atoms with Crippen LogP contribution in [0.4, 0.5) is 0 Å². The summed E-state index contributed by atoms with van der Waals surface area (Å²) in [6.07, 6.45) is 9.10. The number of nitrogens with zero attached hydrogens (tertiary/aromatic N) is 3. The first-order valence-electron chi connectivity index (χ1n) is 15.2. The van der Waals surface area contributed by atoms with E-state index in [1.54, 1.807) is 41.7 Å². The number of aromatic nitrogens is 2. The van der Waals surface area contributed by atoms with Gasteiger partial charge in [0, 0.05) is 31.0 Å². The van der Waals surface area contributed by atoms with Gasteiger partial charge in [0.05, 0.1) is 24.5 Å². The van der Waals surface area contributed by atoms with Crippen molar-refractivity contribution in [3.63, 3.8) is 0 Å². The number of aryl methyl sites for hydroxylation is 2. The minimum atomic E-state index is -0.732. The number of amides is 1. The van der Waals surface area contributed by atoms with Crippen LogP contribution in [0.15, 0.2) is 97.1 Å². The second kappa shape index (κ2) is 14.6. The predicted molar refractivity (Wildman–Crippen MR) is 169 cm³/mol. The highest BCUT2D eigenvalue weighted by molar-refractivity contribution is 6.46. The molecule has 8 nitrogen and oxygen atoms in total. The summed E-state index contributed by atoms with van der Waals surface area (Å²) in [6.45, 7) is 6.21. The smallest absolute Gasteiger partial charge is 0.295 e. The van der Waals surface area contributed by atoms with Crippen LogP contribution in [-0.2, 0) is 22.7 Å². The third kappa shape index (κ3) is 7.37. The number of hydrogen-bond donors (Lipinski definition) is 1. The Morgan fingerprint density at radius 3 is 2.36 bits per heavy atom. The number of aliphatic hydroxyl groups excluding tert-OH is 1. The summed E-state index contributed by atoms with van der Waals surface area (Å²) in [5.41, 5.74) is 3.45. The summed E-state index contributed by atoms with van der Waals surface area (Å²) in [4.78, 5) is 32.4. The Labute approximate surface area is 258 Å². The molecule has 5 rings (SSSR count). The molecule has 44 heavy (non-hydrogen) atoms. The largest absolute Gasteiger partial charge is 0.507 e. The van der Waals surface area contributed by atoms with E-state index in [1.807, 2.05) is 60.2 Å². The molecule has 0 bridgehead atoms. The molecule has 1 aliphatic heterocycles. The Hall–Kier alpha value is -4.85. The molecule has 1 unspecified atom stereocenters. The summed E-state index contributed by atoms with van der Waals surface area (Å²) in [7, 11) is 0. The molecule has 1 aromatic heterocycles. The van der Waals surface area contributed by atoms with Crippen LogP contribution in [0.5, 0.6) is 11.5 Å². The van der Waals surface area contributed by atoms with Gasteiger partial charge in [-0.1, -0.05) is 61.7 Å². The molecule has 1 aliphatic rings. The highest BCUT2D eigenvalue weighted by atomic mass is 16.5. The molecule has 0 radical (unpaired) electrons. The zero-order valence-electron chi connectivity index (χ0n) is 25.3. The van der Waals surface area contributed by atoms with E-state index >= 15 is 0 Å². The number of ketones is 1. The summed E-state index contributed by atoms with van der Waals surface area (Å²) < 4.78 is 13.7. The molecule has 0 aliphatic carbocycles. The number of unbranched alkanes of at least 4 members (excludes halogenated alkanes) is 2. The average molecular weight is 594 g/mol. The predicted octanol–water partition coefficient (Wildman–Crippen LogP) is 6.85. The van der Waals surface area contributed by atoms with Crippen LogP contribution in [0, 0.1) is 6.92 Å². The summed E-state index contributed by atoms with van der Waals surface area (Å²) in [5.74, 6) is -0.178. The van der Waals surface area contributed by atoms with Crippen LogP contribution in [0.1, 0.15) is 60.9 Å². The highest BCUT2D eigenvalue weighted by Gasteiger charge is 2.45. The van der Waals surface area contributed by atoms with Gasteiger partial charge in [-0.25, -0.2) is 4.98 Å². The van der Waals surface area contributed by atoms with Gasteiger partial charge in [0.25, 0.3) is 11.7 Å². The topological polar surface area (TPSA) is 93.9 Å². The van der Waals surface area contributed by atoms with Gasteiger partial charge >= 0.3 is 0 Å². The van der Waals surface area contributed by atoms with Gasteiger partial charge in [0.1, 0.15) is 23.9 Å². The second-order valence-corrected chi connectivity index (χ2v) is 11.1. The van der Waals surface area contributed by atoms with Crippen molar-refractivity contribution in [2.24, 2.45) is 0 Å². The lowest BCUT2D eigenvalue weighted by Crippen LogP contribution is -2.31. The van der Waals surface area contributed by atoms with Crippen LogP contribution >= 0.6 is 0 Å². The lowest BCUT2D eigenvalue weighted by Gasteiger charge is -2.25. The highest BCUT2D eigenvalue weighted by Crippen LogP contribution is 2.40. The van der Waals surface area contributed by atoms with E-state index < -0.39 is 17.7 Å². The molecule has 8 heteroatoms. The van der Waals surface area contributed by atoms with Crippen molar-refractivity contribution in [1.82, 2.24) is 14.5 Å². The lowest BCUT2D eigenvalue weighted by atomic mass is 9.95. The number of ether oxygens (including phenoxy) is 2. The van der Waals surface area contributed by atoms with Crippen molar-refractivity contribution >= 4 is 17.4 Å². The van der Waals surface area contributed by atoms with E-state index in [2.05, 4.69) is 18.0 Å². The van der Waals surface area contributed by atoms with Gasteiger partial charge in [-0.05, 0) is 67.3 Å². The van der Waals surface area contributed by atoms with Crippen molar-refractivity contribution in [2.75, 3.05) is 13.2 Å². The zero-order valence-corrected chi connectivity index (χ0v) is 25.3. The van der Waals surface area contributed by atoms with E-state index in [9.17, 15) is 14.7 Å². The van der Waals surface area contributed by atoms with Crippen molar-refractivity contribution in [1.29, 1.82) is 0 Å². The van der Waals surface area contributed by atoms with E-state index in [0.717, 1.165) is 41.7 Å². The van der Waals surface area contributed by atoms with Crippen LogP contribution in [0.3, 0.4) is 0 Å². The number of hydrogen-bond acceptors (Lipinski definition) is 6. The first kappa shape index (κ1) is 30.6. The molecule has 1 atom stereocenters. The maximum absolute atomic E-state index is 13.5. The fourth-order valence-electron chi connectivity index (χ4n) is 5.42. The molecule has 0 spiro atoms. The molecular weight excluding hydrogens is 554 g/mol. The van der Waals surface area contributed by atoms with Gasteiger partial charge < -0.3 is 24.0 Å². The minimum absolute atomic E-state index is 0.0719. The first-order valence-corrected chi connectivity index (χ1v) is 15.2. The third-order valence-corrected chi connectivity index (χ3v) is 7.74. The van der Waals surface area contributed by atoms with E-state index in [1.165, 1.54) is 0 Å². The van der Waals surface area contributed by atoms with E-state index in [-0.39, 0.29) is 11.3 Å². The second-order valence-electron chi connectivity index (χ2n) is 11.1. The maximum Gasteiger partial charge on any atom is 0.295 e. The number of benzene rings is 3. The minimum Gasteiger partial charge on any atom is -0.507 e. The number of rotatable bonds is 14. The normalized spacial score (nSPS) is 16.0. The average Bonchev–Trinajstić information content (AvgIpc) is 3.65. The fourth-order valence-corrected chi connectivity index (χ4v) is 5.42. The zero-order chi connectivity index (χ0) is 30.9. The van der Waals surface area contributed by atoms with Crippen LogP contribution in [0.2, 0.25) is 0 Å². The monoisotopic (exact) mass is 593 g/mol. The van der Waals surface area contributed by atoms with Crippen molar-refractivity contribution in [3.8, 4) is 11.5 Å². The van der Waals surface area contributed by atoms with Gasteiger partial charge in [0.2, 0.25) is 0 Å². The Morgan fingerprint density at radius 2 is 1.66 bits per heavy atom. The van der Waals surface area contributed by atoms with Gasteiger partial charge in [0.15, 0.2) is 0 Å². The summed E-state index contributed by atoms with van der Waals surface area (Å²) in [5, 5.41) is 11.5. The third-order valence-electron chi connectivity index (χ3n) is 7.74. The van der Waals surface area contributed by atoms with E-state index in [0.29, 0.717) is 44.0 Å². The summed E-state index contributed by atoms with van der Waals surface area (Å²) in [6, 6.07) is 21.7. The van der Waals surface area contributed by atoms with Crippen molar-refractivity contribution < 1.29 is 24.2 Å². The molecule has 4 aromatic rings. The number of Topliss-reactive ketones (excluding diaryl/α,β-unsaturated/α-hetero) is 1. The molecular formula is C36H39N3O5. The van der Waals surface area contributed by atoms with Gasteiger partial charge in [-0.2, -0.15) is 0 Å². The number of aliphatic hydroxyl groups is 1. The van der Waals surface area contributed by atoms with Crippen molar-refractivity contribution in [3.05, 3.63) is 119 Å². The quantitative estimate of drug-likeness (QED) is 0.0744. The van der Waals surface area contributed by atoms with Crippen LogP contribution < -0.4 is 9.47 Å². The van der Waals surface area contributed by atoms with Crippen LogP contribution in [0.25, 0.3) is 5.76 Å². The lowest BCUT2D eigenvalue weighted by molar-refractivity contribution is -0.139. The van der Waals surface area contributed by atoms with Gasteiger partial charge in [-0.3, -0.25) is 9.59 Å². The Morgan fingerprint density at radius 1 is 0.909 bits per heavy atom. The Bertz CT molecular complexity index is 1580. The molecule has 3 aromatic carbocycles. The fraction of sp³-hybridized carbons (Fsp3) is 0.306. The van der Waals surface area contributed by atoms with Crippen molar-refractivity contribution in [2.45, 2.75) is 58.7 Å². The SMILES string of the molecule is CCCCCOc1ccc(C2/C(=C(\O)c3ccc(OCc4cccc(C)c4)cc3)C(=O)C(=O)N2CCCn2ccnc2)cc1. The molecule has 228 valence electrons. The number of likely N-dealkylation sites (tertiary alicyclic amines) is 1. The van der Waals surface area contributed by atoms with Crippen LogP contribution in [-0.4, -0.2) is 44.4 Å². The number of carbonyl (C=O) groups is 2. The van der Waals surface area contributed by atoms with Gasteiger partial charge in [-0.15, -0.1) is 0 Å². The molecule has 2 heterocycles. The molecule has 1 amide bonds.